The zero-order chi connectivity index (χ0) is 18.9. The summed E-state index contributed by atoms with van der Waals surface area (Å²) in [6.45, 7) is 0.280. The Hall–Kier alpha value is -3.06. The van der Waals surface area contributed by atoms with E-state index in [1.54, 1.807) is 11.3 Å². The largest absolute Gasteiger partial charge is 0.423 e. The standard InChI is InChI=1S/C21H18N4O2S/c26-21(14-6-7-14)22-12-19-25-24-18(27-19)11-20-23-16-9-8-15(10-17(16)28-20)13-4-2-1-3-5-13/h1-5,8-10,14H,6-7,11-12H2,(H,22,26). The fourth-order valence-electron chi connectivity index (χ4n) is 3.07. The number of amides is 1. The highest BCUT2D eigenvalue weighted by Gasteiger charge is 2.29. The van der Waals surface area contributed by atoms with E-state index in [-0.39, 0.29) is 18.4 Å². The summed E-state index contributed by atoms with van der Waals surface area (Å²) in [6.07, 6.45) is 2.44. The highest BCUT2D eigenvalue weighted by Crippen LogP contribution is 2.30. The number of nitrogens with one attached hydrogen (secondary N) is 1. The van der Waals surface area contributed by atoms with Gasteiger partial charge in [0, 0.05) is 5.92 Å². The van der Waals surface area contributed by atoms with Crippen LogP contribution in [0.4, 0.5) is 0 Å². The SMILES string of the molecule is O=C(NCc1nnc(Cc2nc3ccc(-c4ccccc4)cc3s2)o1)C1CC1. The third-order valence-corrected chi connectivity index (χ3v) is 5.73. The van der Waals surface area contributed by atoms with Gasteiger partial charge in [-0.1, -0.05) is 36.4 Å². The van der Waals surface area contributed by atoms with Crippen molar-refractivity contribution in [2.45, 2.75) is 25.8 Å². The minimum absolute atomic E-state index is 0.0696. The first kappa shape index (κ1) is 17.1. The molecule has 6 nitrogen and oxygen atoms in total. The predicted octanol–water partition coefficient (Wildman–Crippen LogP) is 3.96. The van der Waals surface area contributed by atoms with Crippen molar-refractivity contribution in [3.05, 3.63) is 65.3 Å². The van der Waals surface area contributed by atoms with Gasteiger partial charge in [-0.3, -0.25) is 4.79 Å². The average Bonchev–Trinajstić information content (AvgIpc) is 3.36. The van der Waals surface area contributed by atoms with Gasteiger partial charge in [-0.05, 0) is 36.1 Å². The summed E-state index contributed by atoms with van der Waals surface area (Å²) in [7, 11) is 0. The highest BCUT2D eigenvalue weighted by molar-refractivity contribution is 7.18. The smallest absolute Gasteiger partial charge is 0.235 e. The van der Waals surface area contributed by atoms with Crippen molar-refractivity contribution in [1.29, 1.82) is 0 Å². The predicted molar refractivity (Wildman–Crippen MR) is 107 cm³/mol. The van der Waals surface area contributed by atoms with Crippen LogP contribution >= 0.6 is 11.3 Å². The van der Waals surface area contributed by atoms with Gasteiger partial charge in [-0.25, -0.2) is 4.98 Å². The summed E-state index contributed by atoms with van der Waals surface area (Å²) in [4.78, 5) is 16.4. The molecule has 0 bridgehead atoms. The van der Waals surface area contributed by atoms with Crippen LogP contribution in [0.25, 0.3) is 21.3 Å². The Kier molecular flexibility index (Phi) is 4.37. The second-order valence-electron chi connectivity index (χ2n) is 6.91. The van der Waals surface area contributed by atoms with Crippen molar-refractivity contribution < 1.29 is 9.21 Å². The first-order chi connectivity index (χ1) is 13.7. The van der Waals surface area contributed by atoms with E-state index in [0.29, 0.717) is 18.2 Å². The number of fused-ring (bicyclic) bond motifs is 1. The summed E-state index contributed by atoms with van der Waals surface area (Å²) in [6, 6.07) is 16.6. The molecule has 1 N–H and O–H groups in total. The normalized spacial score (nSPS) is 13.7. The van der Waals surface area contributed by atoms with Gasteiger partial charge >= 0.3 is 0 Å². The minimum atomic E-state index is 0.0696. The number of carbonyl (C=O) groups is 1. The van der Waals surface area contributed by atoms with E-state index in [0.717, 1.165) is 28.1 Å². The molecule has 1 amide bonds. The van der Waals surface area contributed by atoms with Crippen molar-refractivity contribution >= 4 is 27.5 Å². The van der Waals surface area contributed by atoms with E-state index in [1.165, 1.54) is 11.1 Å². The Bertz CT molecular complexity index is 1130. The van der Waals surface area contributed by atoms with Crippen molar-refractivity contribution in [2.24, 2.45) is 5.92 Å². The van der Waals surface area contributed by atoms with Gasteiger partial charge in [0.2, 0.25) is 17.7 Å². The van der Waals surface area contributed by atoms with E-state index < -0.39 is 0 Å². The maximum absolute atomic E-state index is 11.7. The molecule has 0 spiro atoms. The van der Waals surface area contributed by atoms with E-state index in [9.17, 15) is 4.79 Å². The number of hydrogen-bond acceptors (Lipinski definition) is 6. The van der Waals surface area contributed by atoms with Crippen LogP contribution in [0.5, 0.6) is 0 Å². The molecule has 1 aliphatic carbocycles. The summed E-state index contributed by atoms with van der Waals surface area (Å²) < 4.78 is 6.79. The number of rotatable bonds is 6. The lowest BCUT2D eigenvalue weighted by atomic mass is 10.1. The van der Waals surface area contributed by atoms with Crippen LogP contribution in [0.3, 0.4) is 0 Å². The molecule has 1 aliphatic rings. The van der Waals surface area contributed by atoms with Gasteiger partial charge in [0.1, 0.15) is 5.01 Å². The zero-order valence-corrected chi connectivity index (χ0v) is 15.9. The van der Waals surface area contributed by atoms with Gasteiger partial charge in [0.05, 0.1) is 23.2 Å². The van der Waals surface area contributed by atoms with E-state index in [2.05, 4.69) is 44.8 Å². The molecule has 7 heteroatoms. The molecule has 2 aromatic carbocycles. The number of thiazole rings is 1. The lowest BCUT2D eigenvalue weighted by Crippen LogP contribution is -2.24. The number of nitrogens with zero attached hydrogens (tertiary/aromatic N) is 3. The van der Waals surface area contributed by atoms with Gasteiger partial charge < -0.3 is 9.73 Å². The third-order valence-electron chi connectivity index (χ3n) is 4.71. The molecule has 0 radical (unpaired) electrons. The minimum Gasteiger partial charge on any atom is -0.423 e. The Morgan fingerprint density at radius 2 is 1.89 bits per heavy atom. The number of benzene rings is 2. The van der Waals surface area contributed by atoms with Gasteiger partial charge in [0.25, 0.3) is 0 Å². The van der Waals surface area contributed by atoms with Crippen LogP contribution in [0, 0.1) is 5.92 Å². The molecule has 2 aromatic heterocycles. The second kappa shape index (κ2) is 7.16. The van der Waals surface area contributed by atoms with Crippen LogP contribution in [0.2, 0.25) is 0 Å². The molecule has 140 valence electrons. The van der Waals surface area contributed by atoms with Crippen LogP contribution < -0.4 is 5.32 Å². The van der Waals surface area contributed by atoms with Crippen LogP contribution in [-0.4, -0.2) is 21.1 Å². The Balaban J connectivity index is 1.29. The summed E-state index contributed by atoms with van der Waals surface area (Å²) in [5, 5.41) is 11.9. The molecule has 5 rings (SSSR count). The molecule has 2 heterocycles. The summed E-state index contributed by atoms with van der Waals surface area (Å²) in [5.74, 6) is 1.18. The number of carbonyl (C=O) groups excluding carboxylic acids is 1. The molecule has 28 heavy (non-hydrogen) atoms. The maximum Gasteiger partial charge on any atom is 0.235 e. The Labute approximate surface area is 165 Å². The van der Waals surface area contributed by atoms with Gasteiger partial charge in [0.15, 0.2) is 0 Å². The highest BCUT2D eigenvalue weighted by atomic mass is 32.1. The first-order valence-electron chi connectivity index (χ1n) is 9.28. The van der Waals surface area contributed by atoms with Gasteiger partial charge in [-0.2, -0.15) is 0 Å². The second-order valence-corrected chi connectivity index (χ2v) is 8.03. The molecule has 1 fully saturated rings. The molecular formula is C21H18N4O2S. The van der Waals surface area contributed by atoms with Crippen molar-refractivity contribution in [1.82, 2.24) is 20.5 Å². The first-order valence-corrected chi connectivity index (χ1v) is 10.1. The molecule has 1 saturated carbocycles. The van der Waals surface area contributed by atoms with Crippen LogP contribution in [-0.2, 0) is 17.8 Å². The average molecular weight is 390 g/mol. The van der Waals surface area contributed by atoms with Crippen molar-refractivity contribution in [3.8, 4) is 11.1 Å². The van der Waals surface area contributed by atoms with E-state index >= 15 is 0 Å². The number of aromatic nitrogens is 3. The summed E-state index contributed by atoms with van der Waals surface area (Å²) in [5.41, 5.74) is 3.33. The van der Waals surface area contributed by atoms with E-state index in [1.807, 2.05) is 24.3 Å². The van der Waals surface area contributed by atoms with Crippen molar-refractivity contribution in [3.63, 3.8) is 0 Å². The molecule has 0 aliphatic heterocycles. The molecule has 0 unspecified atom stereocenters. The fourth-order valence-corrected chi connectivity index (χ4v) is 4.07. The lowest BCUT2D eigenvalue weighted by molar-refractivity contribution is -0.122. The summed E-state index contributed by atoms with van der Waals surface area (Å²) >= 11 is 1.63. The maximum atomic E-state index is 11.7. The quantitative estimate of drug-likeness (QED) is 0.539. The Morgan fingerprint density at radius 1 is 1.07 bits per heavy atom. The third kappa shape index (κ3) is 3.66. The van der Waals surface area contributed by atoms with E-state index in [4.69, 9.17) is 4.42 Å². The zero-order valence-electron chi connectivity index (χ0n) is 15.1. The molecule has 0 saturated heterocycles. The lowest BCUT2D eigenvalue weighted by Gasteiger charge is -2.00. The Morgan fingerprint density at radius 3 is 2.71 bits per heavy atom. The molecule has 0 atom stereocenters. The molecule has 4 aromatic rings. The fraction of sp³-hybridized carbons (Fsp3) is 0.238. The van der Waals surface area contributed by atoms with Crippen molar-refractivity contribution in [2.75, 3.05) is 0 Å². The molecular weight excluding hydrogens is 372 g/mol. The topological polar surface area (TPSA) is 80.9 Å². The van der Waals surface area contributed by atoms with Crippen LogP contribution in [0.1, 0.15) is 29.6 Å². The number of hydrogen-bond donors (Lipinski definition) is 1. The van der Waals surface area contributed by atoms with Gasteiger partial charge in [-0.15, -0.1) is 21.5 Å². The van der Waals surface area contributed by atoms with Crippen LogP contribution in [0.15, 0.2) is 52.9 Å². The monoisotopic (exact) mass is 390 g/mol.